The molecule has 0 aliphatic heterocycles. The number of rotatable bonds is 8. The van der Waals surface area contributed by atoms with Crippen molar-refractivity contribution in [3.05, 3.63) is 0 Å². The third kappa shape index (κ3) is 5.20. The maximum absolute atomic E-state index is 9.21. The molecule has 3 N–H and O–H groups in total. The van der Waals surface area contributed by atoms with Gasteiger partial charge in [0.1, 0.15) is 12.2 Å². The average molecular weight is 237 g/mol. The van der Waals surface area contributed by atoms with E-state index in [-0.39, 0.29) is 19.8 Å². The number of aliphatic hydroxyl groups is 3. The summed E-state index contributed by atoms with van der Waals surface area (Å²) < 4.78 is 0. The van der Waals surface area contributed by atoms with Gasteiger partial charge in [-0.15, -0.1) is 0 Å². The van der Waals surface area contributed by atoms with Crippen molar-refractivity contribution in [3.8, 4) is 0 Å². The summed E-state index contributed by atoms with van der Waals surface area (Å²) in [5, 5.41) is 28.1. The van der Waals surface area contributed by atoms with Crippen LogP contribution in [0.4, 0.5) is 0 Å². The third-order valence-corrected chi connectivity index (χ3v) is 1.95. The van der Waals surface area contributed by atoms with Crippen LogP contribution in [0, 0.1) is 0 Å². The van der Waals surface area contributed by atoms with Gasteiger partial charge in [-0.2, -0.15) is 0 Å². The number of hydrogen-bond donors (Lipinski definition) is 3. The second kappa shape index (κ2) is 7.16. The third-order valence-electron chi connectivity index (χ3n) is 1.95. The van der Waals surface area contributed by atoms with E-state index in [9.17, 15) is 5.11 Å². The van der Waals surface area contributed by atoms with Crippen molar-refractivity contribution in [1.29, 1.82) is 0 Å². The van der Waals surface area contributed by atoms with Crippen LogP contribution in [-0.2, 0) is 9.68 Å². The standard InChI is InChI=1S/C10H23NO5/c1-8(5-12)15-11(10(3,4)7-14)16-9(2)6-13/h8-9,12-14H,5-7H2,1-4H3. The van der Waals surface area contributed by atoms with Crippen LogP contribution in [0.3, 0.4) is 0 Å². The van der Waals surface area contributed by atoms with Crippen LogP contribution < -0.4 is 0 Å². The Balaban J connectivity index is 4.50. The number of hydrogen-bond acceptors (Lipinski definition) is 6. The van der Waals surface area contributed by atoms with Gasteiger partial charge in [-0.3, -0.25) is 9.68 Å². The Kier molecular flexibility index (Phi) is 7.05. The largest absolute Gasteiger partial charge is 0.394 e. The predicted octanol–water partition coefficient (Wildman–Crippen LogP) is -0.316. The average Bonchev–Trinajstić information content (AvgIpc) is 2.27. The van der Waals surface area contributed by atoms with Gasteiger partial charge in [0.25, 0.3) is 0 Å². The van der Waals surface area contributed by atoms with Gasteiger partial charge >= 0.3 is 0 Å². The molecule has 0 aliphatic rings. The minimum absolute atomic E-state index is 0.158. The van der Waals surface area contributed by atoms with Crippen molar-refractivity contribution in [2.45, 2.75) is 45.4 Å². The minimum Gasteiger partial charge on any atom is -0.394 e. The fourth-order valence-electron chi connectivity index (χ4n) is 0.761. The van der Waals surface area contributed by atoms with Crippen LogP contribution in [0.15, 0.2) is 0 Å². The molecular weight excluding hydrogens is 214 g/mol. The van der Waals surface area contributed by atoms with Gasteiger partial charge in [0, 0.05) is 0 Å². The molecule has 0 amide bonds. The summed E-state index contributed by atoms with van der Waals surface area (Å²) in [6.07, 6.45) is -0.895. The summed E-state index contributed by atoms with van der Waals surface area (Å²) >= 11 is 0. The quantitative estimate of drug-likeness (QED) is 0.502. The second-order valence-electron chi connectivity index (χ2n) is 4.42. The lowest BCUT2D eigenvalue weighted by Crippen LogP contribution is -2.50. The monoisotopic (exact) mass is 237 g/mol. The molecule has 6 nitrogen and oxygen atoms in total. The van der Waals surface area contributed by atoms with Crippen molar-refractivity contribution in [2.75, 3.05) is 19.8 Å². The highest BCUT2D eigenvalue weighted by molar-refractivity contribution is 4.71. The molecule has 0 aliphatic carbocycles. The van der Waals surface area contributed by atoms with Gasteiger partial charge in [-0.05, 0) is 27.7 Å². The van der Waals surface area contributed by atoms with E-state index in [1.807, 2.05) is 0 Å². The Labute approximate surface area is 96.3 Å². The fourth-order valence-corrected chi connectivity index (χ4v) is 0.761. The van der Waals surface area contributed by atoms with Crippen molar-refractivity contribution < 1.29 is 25.0 Å². The molecule has 98 valence electrons. The Morgan fingerprint density at radius 2 is 1.38 bits per heavy atom. The van der Waals surface area contributed by atoms with Crippen LogP contribution in [0.5, 0.6) is 0 Å². The first-order valence-electron chi connectivity index (χ1n) is 5.33. The lowest BCUT2D eigenvalue weighted by atomic mass is 10.1. The minimum atomic E-state index is -0.757. The Morgan fingerprint density at radius 1 is 1.00 bits per heavy atom. The lowest BCUT2D eigenvalue weighted by Gasteiger charge is -2.37. The Hall–Kier alpha value is -0.240. The maximum Gasteiger partial charge on any atom is 0.102 e. The molecule has 6 heteroatoms. The fraction of sp³-hybridized carbons (Fsp3) is 1.00. The molecular formula is C10H23NO5. The summed E-state index contributed by atoms with van der Waals surface area (Å²) in [4.78, 5) is 10.6. The topological polar surface area (TPSA) is 82.4 Å². The molecule has 0 rings (SSSR count). The highest BCUT2D eigenvalue weighted by Gasteiger charge is 2.31. The first-order valence-corrected chi connectivity index (χ1v) is 5.33. The van der Waals surface area contributed by atoms with Crippen molar-refractivity contribution in [2.24, 2.45) is 0 Å². The number of hydroxylamine groups is 2. The first kappa shape index (κ1) is 15.8. The lowest BCUT2D eigenvalue weighted by molar-refractivity contribution is -0.440. The van der Waals surface area contributed by atoms with Crippen LogP contribution in [0.25, 0.3) is 0 Å². The molecule has 0 heterocycles. The first-order chi connectivity index (χ1) is 7.37. The molecule has 0 radical (unpaired) electrons. The summed E-state index contributed by atoms with van der Waals surface area (Å²) in [6.45, 7) is 6.30. The van der Waals surface area contributed by atoms with Gasteiger partial charge in [0.05, 0.1) is 25.4 Å². The van der Waals surface area contributed by atoms with E-state index in [4.69, 9.17) is 19.9 Å². The van der Waals surface area contributed by atoms with Crippen LogP contribution in [0.1, 0.15) is 27.7 Å². The highest BCUT2D eigenvalue weighted by Crippen LogP contribution is 2.17. The van der Waals surface area contributed by atoms with E-state index in [1.54, 1.807) is 27.7 Å². The maximum atomic E-state index is 9.21. The number of nitrogens with zero attached hydrogens (tertiary/aromatic N) is 1. The van der Waals surface area contributed by atoms with Crippen LogP contribution in [-0.4, -0.2) is 58.1 Å². The van der Waals surface area contributed by atoms with Gasteiger partial charge in [0.15, 0.2) is 0 Å². The van der Waals surface area contributed by atoms with E-state index in [0.717, 1.165) is 5.23 Å². The normalized spacial score (nSPS) is 16.5. The van der Waals surface area contributed by atoms with Crippen LogP contribution in [0.2, 0.25) is 0 Å². The van der Waals surface area contributed by atoms with E-state index in [2.05, 4.69) is 0 Å². The van der Waals surface area contributed by atoms with E-state index in [1.165, 1.54) is 0 Å². The van der Waals surface area contributed by atoms with E-state index < -0.39 is 17.7 Å². The zero-order valence-electron chi connectivity index (χ0n) is 10.4. The van der Waals surface area contributed by atoms with E-state index in [0.29, 0.717) is 0 Å². The molecule has 0 spiro atoms. The second-order valence-corrected chi connectivity index (χ2v) is 4.42. The SMILES string of the molecule is CC(CO)ON(OC(C)CO)C(C)(C)CO. The molecule has 0 aromatic heterocycles. The van der Waals surface area contributed by atoms with Crippen LogP contribution >= 0.6 is 0 Å². The molecule has 2 atom stereocenters. The predicted molar refractivity (Wildman–Crippen MR) is 58.3 cm³/mol. The highest BCUT2D eigenvalue weighted by atomic mass is 17.0. The van der Waals surface area contributed by atoms with Crippen molar-refractivity contribution >= 4 is 0 Å². The zero-order chi connectivity index (χ0) is 12.8. The Morgan fingerprint density at radius 3 is 1.62 bits per heavy atom. The smallest absolute Gasteiger partial charge is 0.102 e. The van der Waals surface area contributed by atoms with E-state index >= 15 is 0 Å². The van der Waals surface area contributed by atoms with Gasteiger partial charge in [-0.1, -0.05) is 5.23 Å². The van der Waals surface area contributed by atoms with Gasteiger partial charge in [0.2, 0.25) is 0 Å². The molecule has 0 saturated carbocycles. The summed E-state index contributed by atoms with van der Waals surface area (Å²) in [5.74, 6) is 0. The van der Waals surface area contributed by atoms with Gasteiger partial charge < -0.3 is 15.3 Å². The van der Waals surface area contributed by atoms with Crippen molar-refractivity contribution in [3.63, 3.8) is 0 Å². The molecule has 16 heavy (non-hydrogen) atoms. The molecule has 2 unspecified atom stereocenters. The van der Waals surface area contributed by atoms with Crippen molar-refractivity contribution in [1.82, 2.24) is 5.23 Å². The molecule has 0 saturated heterocycles. The summed E-state index contributed by atoms with van der Waals surface area (Å²) in [6, 6.07) is 0. The molecule has 0 fully saturated rings. The zero-order valence-corrected chi connectivity index (χ0v) is 10.4. The Bertz CT molecular complexity index is 176. The number of aliphatic hydroxyl groups excluding tert-OH is 3. The summed E-state index contributed by atoms with van der Waals surface area (Å²) in [7, 11) is 0. The molecule has 0 aromatic carbocycles. The molecule has 0 aromatic rings. The van der Waals surface area contributed by atoms with Gasteiger partial charge in [-0.25, -0.2) is 0 Å². The molecule has 0 bridgehead atoms. The summed E-state index contributed by atoms with van der Waals surface area (Å²) in [5.41, 5.74) is -0.757.